The standard InChI is InChI=1S/C25H24FN5O2S2/c1-3-30-24(33)20(35-25(30)34)15-17-22(27-21-16(2)7-6-10-31(21)23(17)32)29-13-11-28(12-14-29)19-9-5-4-8-18(19)26/h4-10,15H,3,11-14H2,1-2H3/b20-15-. The SMILES string of the molecule is CCN1C(=O)/C(=C/c2c(N3CCN(c4ccccc4F)CC3)nc3c(C)cccn3c2=O)SC1=S. The highest BCUT2D eigenvalue weighted by Crippen LogP contribution is 2.33. The molecule has 0 saturated carbocycles. The van der Waals surface area contributed by atoms with E-state index in [9.17, 15) is 14.0 Å². The summed E-state index contributed by atoms with van der Waals surface area (Å²) in [7, 11) is 0. The Kier molecular flexibility index (Phi) is 6.33. The van der Waals surface area contributed by atoms with Crippen LogP contribution in [0.2, 0.25) is 0 Å². The Morgan fingerprint density at radius 1 is 1.09 bits per heavy atom. The number of thioether (sulfide) groups is 1. The molecule has 1 aromatic carbocycles. The first-order valence-electron chi connectivity index (χ1n) is 11.4. The molecule has 0 radical (unpaired) electrons. The van der Waals surface area contributed by atoms with Crippen LogP contribution in [0.15, 0.2) is 52.3 Å². The highest BCUT2D eigenvalue weighted by Gasteiger charge is 2.32. The number of hydrogen-bond acceptors (Lipinski definition) is 7. The number of thiocarbonyl (C=S) groups is 1. The molecule has 35 heavy (non-hydrogen) atoms. The van der Waals surface area contributed by atoms with Crippen molar-refractivity contribution in [3.05, 3.63) is 74.8 Å². The lowest BCUT2D eigenvalue weighted by Crippen LogP contribution is -2.47. The van der Waals surface area contributed by atoms with E-state index in [4.69, 9.17) is 17.2 Å². The molecule has 7 nitrogen and oxygen atoms in total. The van der Waals surface area contributed by atoms with Crippen molar-refractivity contribution in [1.29, 1.82) is 0 Å². The molecular formula is C25H24FN5O2S2. The van der Waals surface area contributed by atoms with Crippen molar-refractivity contribution in [2.24, 2.45) is 0 Å². The van der Waals surface area contributed by atoms with E-state index < -0.39 is 0 Å². The van der Waals surface area contributed by atoms with Crippen LogP contribution in [0.3, 0.4) is 0 Å². The topological polar surface area (TPSA) is 61.2 Å². The largest absolute Gasteiger partial charge is 0.366 e. The van der Waals surface area contributed by atoms with Crippen molar-refractivity contribution >= 4 is 57.4 Å². The van der Waals surface area contributed by atoms with Crippen LogP contribution in [0, 0.1) is 12.7 Å². The maximum absolute atomic E-state index is 14.3. The minimum absolute atomic E-state index is 0.202. The van der Waals surface area contributed by atoms with Crippen molar-refractivity contribution in [3.63, 3.8) is 0 Å². The molecule has 0 spiro atoms. The summed E-state index contributed by atoms with van der Waals surface area (Å²) in [6.45, 7) is 6.51. The summed E-state index contributed by atoms with van der Waals surface area (Å²) in [5.74, 6) is 0.0723. The Bertz CT molecular complexity index is 1430. The number of rotatable bonds is 4. The summed E-state index contributed by atoms with van der Waals surface area (Å²) in [4.78, 5) is 37.3. The monoisotopic (exact) mass is 509 g/mol. The van der Waals surface area contributed by atoms with Crippen molar-refractivity contribution < 1.29 is 9.18 Å². The van der Waals surface area contributed by atoms with Gasteiger partial charge < -0.3 is 9.80 Å². The Morgan fingerprint density at radius 2 is 1.80 bits per heavy atom. The Hall–Kier alpha value is -3.24. The molecule has 2 aliphatic heterocycles. The fourth-order valence-electron chi connectivity index (χ4n) is 4.44. The third-order valence-corrected chi connectivity index (χ3v) is 7.68. The van der Waals surface area contributed by atoms with Gasteiger partial charge in [-0.05, 0) is 43.7 Å². The molecule has 1 amide bonds. The summed E-state index contributed by atoms with van der Waals surface area (Å²) in [5.41, 5.74) is 2.12. The number of halogens is 1. The number of para-hydroxylation sites is 1. The average Bonchev–Trinajstić information content (AvgIpc) is 3.13. The second kappa shape index (κ2) is 9.43. The van der Waals surface area contributed by atoms with Crippen LogP contribution >= 0.6 is 24.0 Å². The van der Waals surface area contributed by atoms with Gasteiger partial charge in [0.1, 0.15) is 21.6 Å². The van der Waals surface area contributed by atoms with Gasteiger partial charge in [0.15, 0.2) is 0 Å². The molecule has 180 valence electrons. The van der Waals surface area contributed by atoms with Gasteiger partial charge in [0.05, 0.1) is 16.2 Å². The zero-order valence-electron chi connectivity index (χ0n) is 19.4. The highest BCUT2D eigenvalue weighted by atomic mass is 32.2. The third-order valence-electron chi connectivity index (χ3n) is 6.30. The second-order valence-electron chi connectivity index (χ2n) is 8.39. The number of hydrogen-bond donors (Lipinski definition) is 0. The van der Waals surface area contributed by atoms with E-state index in [1.807, 2.05) is 35.8 Å². The van der Waals surface area contributed by atoms with E-state index in [0.29, 0.717) is 64.7 Å². The average molecular weight is 510 g/mol. The van der Waals surface area contributed by atoms with Gasteiger partial charge >= 0.3 is 0 Å². The maximum Gasteiger partial charge on any atom is 0.267 e. The molecule has 3 aromatic rings. The minimum Gasteiger partial charge on any atom is -0.366 e. The molecule has 2 fully saturated rings. The number of carbonyl (C=O) groups excluding carboxylic acids is 1. The highest BCUT2D eigenvalue weighted by molar-refractivity contribution is 8.26. The lowest BCUT2D eigenvalue weighted by molar-refractivity contribution is -0.121. The fourth-order valence-corrected chi connectivity index (χ4v) is 5.80. The van der Waals surface area contributed by atoms with E-state index in [-0.39, 0.29) is 17.3 Å². The molecule has 0 bridgehead atoms. The van der Waals surface area contributed by atoms with Gasteiger partial charge in [0.2, 0.25) is 0 Å². The summed E-state index contributed by atoms with van der Waals surface area (Å²) >= 11 is 6.54. The van der Waals surface area contributed by atoms with Crippen molar-refractivity contribution in [3.8, 4) is 0 Å². The van der Waals surface area contributed by atoms with Crippen molar-refractivity contribution in [2.45, 2.75) is 13.8 Å². The molecule has 5 rings (SSSR count). The van der Waals surface area contributed by atoms with Crippen LogP contribution in [-0.2, 0) is 4.79 Å². The number of fused-ring (bicyclic) bond motifs is 1. The van der Waals surface area contributed by atoms with E-state index in [0.717, 1.165) is 5.56 Å². The lowest BCUT2D eigenvalue weighted by Gasteiger charge is -2.37. The Balaban J connectivity index is 1.56. The third kappa shape index (κ3) is 4.21. The van der Waals surface area contributed by atoms with Gasteiger partial charge in [-0.15, -0.1) is 0 Å². The number of piperazine rings is 1. The molecule has 4 heterocycles. The van der Waals surface area contributed by atoms with Gasteiger partial charge in [-0.25, -0.2) is 9.37 Å². The first-order valence-corrected chi connectivity index (χ1v) is 12.6. The molecule has 10 heteroatoms. The van der Waals surface area contributed by atoms with E-state index in [2.05, 4.69) is 0 Å². The zero-order valence-corrected chi connectivity index (χ0v) is 21.0. The minimum atomic E-state index is -0.253. The maximum atomic E-state index is 14.3. The normalized spacial score (nSPS) is 17.8. The fraction of sp³-hybridized carbons (Fsp3) is 0.280. The Morgan fingerprint density at radius 3 is 2.49 bits per heavy atom. The molecule has 2 aliphatic rings. The van der Waals surface area contributed by atoms with E-state index in [1.54, 1.807) is 30.5 Å². The second-order valence-corrected chi connectivity index (χ2v) is 10.1. The number of likely N-dealkylation sites (N-methyl/N-ethyl adjacent to an activating group) is 1. The number of amides is 1. The molecular weight excluding hydrogens is 485 g/mol. The summed E-state index contributed by atoms with van der Waals surface area (Å²) in [5, 5.41) is 0. The predicted molar refractivity (Wildman–Crippen MR) is 143 cm³/mol. The van der Waals surface area contributed by atoms with Crippen LogP contribution < -0.4 is 15.4 Å². The number of aryl methyl sites for hydroxylation is 1. The Labute approximate surface area is 211 Å². The summed E-state index contributed by atoms with van der Waals surface area (Å²) in [6, 6.07) is 10.4. The number of aromatic nitrogens is 2. The van der Waals surface area contributed by atoms with Gasteiger partial charge in [-0.2, -0.15) is 0 Å². The van der Waals surface area contributed by atoms with Gasteiger partial charge in [-0.1, -0.05) is 42.2 Å². The van der Waals surface area contributed by atoms with Crippen LogP contribution in [-0.4, -0.2) is 57.2 Å². The molecule has 2 aromatic heterocycles. The van der Waals surface area contributed by atoms with Gasteiger partial charge in [0.25, 0.3) is 11.5 Å². The number of carbonyl (C=O) groups is 1. The van der Waals surface area contributed by atoms with Gasteiger partial charge in [0, 0.05) is 38.9 Å². The van der Waals surface area contributed by atoms with Crippen LogP contribution in [0.1, 0.15) is 18.1 Å². The van der Waals surface area contributed by atoms with Gasteiger partial charge in [-0.3, -0.25) is 18.9 Å². The summed E-state index contributed by atoms with van der Waals surface area (Å²) in [6.07, 6.45) is 3.31. The summed E-state index contributed by atoms with van der Waals surface area (Å²) < 4.78 is 16.3. The van der Waals surface area contributed by atoms with Crippen molar-refractivity contribution in [1.82, 2.24) is 14.3 Å². The lowest BCUT2D eigenvalue weighted by atomic mass is 10.2. The number of nitrogens with zero attached hydrogens (tertiary/aromatic N) is 5. The molecule has 0 N–H and O–H groups in total. The van der Waals surface area contributed by atoms with Crippen LogP contribution in [0.25, 0.3) is 11.7 Å². The molecule has 0 atom stereocenters. The number of benzene rings is 1. The smallest absolute Gasteiger partial charge is 0.267 e. The van der Waals surface area contributed by atoms with Crippen LogP contribution in [0.5, 0.6) is 0 Å². The van der Waals surface area contributed by atoms with E-state index >= 15 is 0 Å². The quantitative estimate of drug-likeness (QED) is 0.393. The molecule has 2 saturated heterocycles. The molecule has 0 unspecified atom stereocenters. The number of pyridine rings is 1. The van der Waals surface area contributed by atoms with Crippen LogP contribution in [0.4, 0.5) is 15.9 Å². The van der Waals surface area contributed by atoms with Crippen molar-refractivity contribution in [2.75, 3.05) is 42.5 Å². The van der Waals surface area contributed by atoms with E-state index in [1.165, 1.54) is 27.1 Å². The molecule has 0 aliphatic carbocycles. The number of anilines is 2. The zero-order chi connectivity index (χ0) is 24.7. The first-order chi connectivity index (χ1) is 16.9. The predicted octanol–water partition coefficient (Wildman–Crippen LogP) is 3.69. The first kappa shape index (κ1) is 23.5.